The Kier molecular flexibility index (Phi) is 8.03. The molecule has 0 saturated heterocycles. The largest absolute Gasteiger partial charge is 0.481 e. The third-order valence-electron chi connectivity index (χ3n) is 2.00. The van der Waals surface area contributed by atoms with Crippen molar-refractivity contribution in [1.82, 2.24) is 15.4 Å². The second-order valence-corrected chi connectivity index (χ2v) is 5.59. The number of methoxy groups -OCH3 is 1. The van der Waals surface area contributed by atoms with Gasteiger partial charge in [0, 0.05) is 26.7 Å². The Hall–Kier alpha value is -1.39. The molecule has 2 amide bonds. The van der Waals surface area contributed by atoms with Gasteiger partial charge < -0.3 is 20.5 Å². The summed E-state index contributed by atoms with van der Waals surface area (Å²) in [7, 11) is -1.92. The molecule has 1 unspecified atom stereocenters. The lowest BCUT2D eigenvalue weighted by Crippen LogP contribution is -2.43. The van der Waals surface area contributed by atoms with Crippen LogP contribution in [0.25, 0.3) is 0 Å². The number of aliphatic carboxylic acids is 1. The van der Waals surface area contributed by atoms with Crippen LogP contribution < -0.4 is 15.4 Å². The van der Waals surface area contributed by atoms with Gasteiger partial charge in [0.05, 0.1) is 18.8 Å². The second-order valence-electron chi connectivity index (χ2n) is 3.76. The van der Waals surface area contributed by atoms with E-state index in [2.05, 4.69) is 15.4 Å². The van der Waals surface area contributed by atoms with E-state index in [0.717, 1.165) is 6.26 Å². The molecule has 19 heavy (non-hydrogen) atoms. The lowest BCUT2D eigenvalue weighted by molar-refractivity contribution is -0.139. The summed E-state index contributed by atoms with van der Waals surface area (Å²) in [6.45, 7) is 0.249. The number of nitrogens with one attached hydrogen (secondary N) is 3. The van der Waals surface area contributed by atoms with Gasteiger partial charge in [0.1, 0.15) is 0 Å². The van der Waals surface area contributed by atoms with Gasteiger partial charge in [0.2, 0.25) is 10.0 Å². The van der Waals surface area contributed by atoms with E-state index in [4.69, 9.17) is 9.84 Å². The topological polar surface area (TPSA) is 134 Å². The van der Waals surface area contributed by atoms with E-state index in [-0.39, 0.29) is 26.1 Å². The predicted molar refractivity (Wildman–Crippen MR) is 67.3 cm³/mol. The zero-order valence-corrected chi connectivity index (χ0v) is 11.6. The minimum absolute atomic E-state index is 0.0497. The molecule has 0 aromatic carbocycles. The Morgan fingerprint density at radius 1 is 1.26 bits per heavy atom. The monoisotopic (exact) mass is 297 g/mol. The molecule has 0 radical (unpaired) electrons. The Bertz CT molecular complexity index is 397. The van der Waals surface area contributed by atoms with E-state index in [1.54, 1.807) is 0 Å². The van der Waals surface area contributed by atoms with Gasteiger partial charge in [-0.05, 0) is 0 Å². The summed E-state index contributed by atoms with van der Waals surface area (Å²) < 4.78 is 28.5. The summed E-state index contributed by atoms with van der Waals surface area (Å²) in [5.41, 5.74) is 0. The number of urea groups is 1. The zero-order valence-electron chi connectivity index (χ0n) is 10.8. The number of hydrogen-bond acceptors (Lipinski definition) is 5. The highest BCUT2D eigenvalue weighted by atomic mass is 32.2. The molecule has 0 bridgehead atoms. The molecule has 0 aromatic heterocycles. The van der Waals surface area contributed by atoms with Crippen LogP contribution in [0, 0.1) is 0 Å². The third-order valence-corrected chi connectivity index (χ3v) is 2.73. The van der Waals surface area contributed by atoms with Crippen molar-refractivity contribution in [3.05, 3.63) is 0 Å². The molecule has 0 aromatic rings. The fourth-order valence-electron chi connectivity index (χ4n) is 1.12. The number of carboxylic acids is 1. The van der Waals surface area contributed by atoms with Crippen molar-refractivity contribution in [3.63, 3.8) is 0 Å². The normalized spacial score (nSPS) is 12.7. The fourth-order valence-corrected chi connectivity index (χ4v) is 1.59. The van der Waals surface area contributed by atoms with Crippen LogP contribution in [-0.4, -0.2) is 64.6 Å². The molecule has 112 valence electrons. The van der Waals surface area contributed by atoms with Crippen molar-refractivity contribution < 1.29 is 27.9 Å². The first kappa shape index (κ1) is 17.6. The molecule has 0 aliphatic carbocycles. The van der Waals surface area contributed by atoms with Gasteiger partial charge in [-0.3, -0.25) is 4.79 Å². The number of carbonyl (C=O) groups is 2. The van der Waals surface area contributed by atoms with Gasteiger partial charge in [0.15, 0.2) is 0 Å². The lowest BCUT2D eigenvalue weighted by atomic mass is 10.2. The number of ether oxygens (including phenoxy) is 1. The van der Waals surface area contributed by atoms with E-state index in [1.165, 1.54) is 7.11 Å². The number of carboxylic acid groups (broad SMARTS) is 1. The standard InChI is InChI=1S/C9H19N3O6S/c1-18-7(5-8(13)14)6-11-9(15)10-3-4-12-19(2,16)17/h7,12H,3-6H2,1-2H3,(H,13,14)(H2,10,11,15). The van der Waals surface area contributed by atoms with Gasteiger partial charge in [-0.1, -0.05) is 0 Å². The molecule has 0 fully saturated rings. The molecule has 0 spiro atoms. The van der Waals surface area contributed by atoms with Crippen LogP contribution in [0.3, 0.4) is 0 Å². The summed E-state index contributed by atoms with van der Waals surface area (Å²) in [6, 6.07) is -0.525. The number of hydrogen-bond donors (Lipinski definition) is 4. The Morgan fingerprint density at radius 2 is 1.89 bits per heavy atom. The maximum absolute atomic E-state index is 11.3. The van der Waals surface area contributed by atoms with Gasteiger partial charge in [0.25, 0.3) is 0 Å². The minimum Gasteiger partial charge on any atom is -0.481 e. The van der Waals surface area contributed by atoms with Crippen LogP contribution in [0.15, 0.2) is 0 Å². The van der Waals surface area contributed by atoms with E-state index >= 15 is 0 Å². The molecule has 0 saturated carbocycles. The molecule has 10 heteroatoms. The SMILES string of the molecule is COC(CNC(=O)NCCNS(C)(=O)=O)CC(=O)O. The molecular weight excluding hydrogens is 278 g/mol. The number of amides is 2. The summed E-state index contributed by atoms with van der Waals surface area (Å²) in [4.78, 5) is 21.7. The third kappa shape index (κ3) is 11.4. The van der Waals surface area contributed by atoms with Crippen molar-refractivity contribution in [2.75, 3.05) is 33.0 Å². The van der Waals surface area contributed by atoms with Gasteiger partial charge in [-0.15, -0.1) is 0 Å². The highest BCUT2D eigenvalue weighted by molar-refractivity contribution is 7.88. The van der Waals surface area contributed by atoms with Crippen molar-refractivity contribution in [2.24, 2.45) is 0 Å². The van der Waals surface area contributed by atoms with Crippen LogP contribution in [-0.2, 0) is 19.6 Å². The van der Waals surface area contributed by atoms with Crippen LogP contribution >= 0.6 is 0 Å². The number of rotatable bonds is 9. The van der Waals surface area contributed by atoms with Crippen molar-refractivity contribution >= 4 is 22.0 Å². The highest BCUT2D eigenvalue weighted by Gasteiger charge is 2.13. The first-order valence-electron chi connectivity index (χ1n) is 5.45. The summed E-state index contributed by atoms with van der Waals surface area (Å²) in [6.07, 6.45) is 0.187. The molecule has 0 heterocycles. The molecule has 1 atom stereocenters. The highest BCUT2D eigenvalue weighted by Crippen LogP contribution is 1.94. The fraction of sp³-hybridized carbons (Fsp3) is 0.778. The van der Waals surface area contributed by atoms with Crippen LogP contribution in [0.5, 0.6) is 0 Å². The molecule has 9 nitrogen and oxygen atoms in total. The van der Waals surface area contributed by atoms with Gasteiger partial charge >= 0.3 is 12.0 Å². The minimum atomic E-state index is -3.27. The maximum Gasteiger partial charge on any atom is 0.314 e. The number of sulfonamides is 1. The Labute approximate surface area is 111 Å². The quantitative estimate of drug-likeness (QED) is 0.376. The zero-order chi connectivity index (χ0) is 14.9. The van der Waals surface area contributed by atoms with Crippen molar-refractivity contribution in [2.45, 2.75) is 12.5 Å². The van der Waals surface area contributed by atoms with Crippen LogP contribution in [0.2, 0.25) is 0 Å². The van der Waals surface area contributed by atoms with E-state index in [1.807, 2.05) is 0 Å². The van der Waals surface area contributed by atoms with Gasteiger partial charge in [-0.2, -0.15) is 0 Å². The van der Waals surface area contributed by atoms with Crippen molar-refractivity contribution in [1.29, 1.82) is 0 Å². The van der Waals surface area contributed by atoms with Crippen LogP contribution in [0.1, 0.15) is 6.42 Å². The van der Waals surface area contributed by atoms with Crippen molar-refractivity contribution in [3.8, 4) is 0 Å². The van der Waals surface area contributed by atoms with E-state index in [0.29, 0.717) is 0 Å². The molecule has 0 aliphatic heterocycles. The summed E-state index contributed by atoms with van der Waals surface area (Å²) in [5, 5.41) is 13.4. The van der Waals surface area contributed by atoms with Gasteiger partial charge in [-0.25, -0.2) is 17.9 Å². The molecule has 0 rings (SSSR count). The lowest BCUT2D eigenvalue weighted by Gasteiger charge is -2.14. The summed E-state index contributed by atoms with van der Waals surface area (Å²) in [5.74, 6) is -1.02. The number of carbonyl (C=O) groups excluding carboxylic acids is 1. The molecular formula is C9H19N3O6S. The Balaban J connectivity index is 3.77. The Morgan fingerprint density at radius 3 is 2.37 bits per heavy atom. The maximum atomic E-state index is 11.3. The van der Waals surface area contributed by atoms with E-state index in [9.17, 15) is 18.0 Å². The van der Waals surface area contributed by atoms with Crippen LogP contribution in [0.4, 0.5) is 4.79 Å². The predicted octanol–water partition coefficient (Wildman–Crippen LogP) is -1.68. The second kappa shape index (κ2) is 8.67. The average Bonchev–Trinajstić information content (AvgIpc) is 2.28. The summed E-state index contributed by atoms with van der Waals surface area (Å²) >= 11 is 0. The first-order chi connectivity index (χ1) is 8.74. The first-order valence-corrected chi connectivity index (χ1v) is 7.34. The van der Waals surface area contributed by atoms with E-state index < -0.39 is 28.1 Å². The average molecular weight is 297 g/mol. The smallest absolute Gasteiger partial charge is 0.314 e. The molecule has 4 N–H and O–H groups in total. The molecule has 0 aliphatic rings.